The minimum Gasteiger partial charge on any atom is -0.475 e. The molecule has 110 valence electrons. The molecule has 0 bridgehead atoms. The predicted molar refractivity (Wildman–Crippen MR) is 70.8 cm³/mol. The monoisotopic (exact) mass is 281 g/mol. The molecule has 0 aromatic carbocycles. The fraction of sp³-hybridized carbons (Fsp3) is 0.571. The number of carbonyl (C=O) groups excluding carboxylic acids is 1. The summed E-state index contributed by atoms with van der Waals surface area (Å²) in [6.07, 6.45) is 0.848. The second-order valence-corrected chi connectivity index (χ2v) is 5.36. The van der Waals surface area contributed by atoms with Gasteiger partial charge in [0, 0.05) is 19.7 Å². The number of ether oxygens (including phenoxy) is 1. The number of carboxylic acids is 1. The maximum atomic E-state index is 12.2. The van der Waals surface area contributed by atoms with Gasteiger partial charge in [-0.15, -0.1) is 0 Å². The van der Waals surface area contributed by atoms with Crippen LogP contribution >= 0.6 is 0 Å². The number of rotatable bonds is 5. The van der Waals surface area contributed by atoms with Gasteiger partial charge in [-0.3, -0.25) is 4.79 Å². The molecule has 1 aliphatic rings. The summed E-state index contributed by atoms with van der Waals surface area (Å²) in [7, 11) is 0. The lowest BCUT2D eigenvalue weighted by Gasteiger charge is -2.16. The maximum absolute atomic E-state index is 12.2. The quantitative estimate of drug-likeness (QED) is 0.891. The van der Waals surface area contributed by atoms with Crippen LogP contribution in [0.1, 0.15) is 41.4 Å². The van der Waals surface area contributed by atoms with E-state index in [-0.39, 0.29) is 23.5 Å². The van der Waals surface area contributed by atoms with E-state index in [1.165, 1.54) is 12.1 Å². The van der Waals surface area contributed by atoms with E-state index in [1.54, 1.807) is 4.90 Å². The summed E-state index contributed by atoms with van der Waals surface area (Å²) in [6, 6.07) is 2.69. The number of amides is 1. The summed E-state index contributed by atoms with van der Waals surface area (Å²) in [5.41, 5.74) is 0. The average Bonchev–Trinajstić information content (AvgIpc) is 3.05. The Labute approximate surface area is 117 Å². The first-order valence-electron chi connectivity index (χ1n) is 6.71. The van der Waals surface area contributed by atoms with Crippen molar-refractivity contribution in [3.05, 3.63) is 23.7 Å². The van der Waals surface area contributed by atoms with E-state index in [0.717, 1.165) is 6.42 Å². The van der Waals surface area contributed by atoms with Crippen molar-refractivity contribution in [3.63, 3.8) is 0 Å². The third-order valence-corrected chi connectivity index (χ3v) is 3.13. The van der Waals surface area contributed by atoms with E-state index >= 15 is 0 Å². The minimum absolute atomic E-state index is 0.0512. The molecule has 1 aromatic rings. The van der Waals surface area contributed by atoms with Crippen molar-refractivity contribution in [2.24, 2.45) is 5.92 Å². The van der Waals surface area contributed by atoms with Crippen LogP contribution in [0.4, 0.5) is 0 Å². The lowest BCUT2D eigenvalue weighted by atomic mass is 10.2. The highest BCUT2D eigenvalue weighted by atomic mass is 16.5. The molecular weight excluding hydrogens is 262 g/mol. The van der Waals surface area contributed by atoms with Crippen molar-refractivity contribution in [1.82, 2.24) is 4.90 Å². The molecular formula is C14H19NO5. The zero-order valence-corrected chi connectivity index (χ0v) is 11.7. The summed E-state index contributed by atoms with van der Waals surface area (Å²) in [4.78, 5) is 24.5. The van der Waals surface area contributed by atoms with Crippen molar-refractivity contribution in [2.75, 3.05) is 19.7 Å². The molecule has 0 aliphatic carbocycles. The van der Waals surface area contributed by atoms with Crippen LogP contribution in [0.25, 0.3) is 0 Å². The van der Waals surface area contributed by atoms with Gasteiger partial charge < -0.3 is 19.2 Å². The molecule has 0 spiro atoms. The highest BCUT2D eigenvalue weighted by molar-refractivity contribution is 5.93. The van der Waals surface area contributed by atoms with Gasteiger partial charge in [0.25, 0.3) is 5.91 Å². The Morgan fingerprint density at radius 3 is 2.75 bits per heavy atom. The van der Waals surface area contributed by atoms with Crippen molar-refractivity contribution in [1.29, 1.82) is 0 Å². The van der Waals surface area contributed by atoms with Crippen molar-refractivity contribution >= 4 is 11.9 Å². The lowest BCUT2D eigenvalue weighted by molar-refractivity contribution is 0.0390. The maximum Gasteiger partial charge on any atom is 0.371 e. The van der Waals surface area contributed by atoms with Crippen LogP contribution in [0, 0.1) is 5.92 Å². The summed E-state index contributed by atoms with van der Waals surface area (Å²) < 4.78 is 10.7. The van der Waals surface area contributed by atoms with Gasteiger partial charge in [0.05, 0.1) is 6.10 Å². The number of carboxylic acid groups (broad SMARTS) is 1. The highest BCUT2D eigenvalue weighted by Gasteiger charge is 2.29. The van der Waals surface area contributed by atoms with Crippen LogP contribution < -0.4 is 0 Å². The summed E-state index contributed by atoms with van der Waals surface area (Å²) in [5, 5.41) is 8.77. The first-order chi connectivity index (χ1) is 9.47. The number of aromatic carboxylic acids is 1. The Morgan fingerprint density at radius 1 is 1.45 bits per heavy atom. The molecule has 2 rings (SSSR count). The number of nitrogens with zero attached hydrogens (tertiary/aromatic N) is 1. The average molecular weight is 281 g/mol. The fourth-order valence-corrected chi connectivity index (χ4v) is 2.10. The van der Waals surface area contributed by atoms with Crippen LogP contribution in [-0.2, 0) is 4.74 Å². The first kappa shape index (κ1) is 14.6. The van der Waals surface area contributed by atoms with Gasteiger partial charge in [0.2, 0.25) is 5.76 Å². The molecule has 1 atom stereocenters. The molecule has 6 heteroatoms. The molecule has 1 saturated heterocycles. The van der Waals surface area contributed by atoms with Gasteiger partial charge in [0.15, 0.2) is 5.76 Å². The molecule has 1 amide bonds. The van der Waals surface area contributed by atoms with E-state index in [9.17, 15) is 9.59 Å². The zero-order valence-electron chi connectivity index (χ0n) is 11.7. The van der Waals surface area contributed by atoms with Crippen LogP contribution in [0.2, 0.25) is 0 Å². The number of hydrogen-bond donors (Lipinski definition) is 1. The van der Waals surface area contributed by atoms with Gasteiger partial charge in [-0.1, -0.05) is 13.8 Å². The summed E-state index contributed by atoms with van der Waals surface area (Å²) >= 11 is 0. The molecule has 6 nitrogen and oxygen atoms in total. The second-order valence-electron chi connectivity index (χ2n) is 5.36. The van der Waals surface area contributed by atoms with Crippen LogP contribution in [0.15, 0.2) is 16.5 Å². The van der Waals surface area contributed by atoms with E-state index in [2.05, 4.69) is 13.8 Å². The van der Waals surface area contributed by atoms with Gasteiger partial charge >= 0.3 is 5.97 Å². The topological polar surface area (TPSA) is 80.0 Å². The molecule has 1 N–H and O–H groups in total. The number of furan rings is 1. The third-order valence-electron chi connectivity index (χ3n) is 3.13. The van der Waals surface area contributed by atoms with E-state index in [0.29, 0.717) is 25.6 Å². The molecule has 1 aromatic heterocycles. The Balaban J connectivity index is 1.92. The molecule has 1 fully saturated rings. The smallest absolute Gasteiger partial charge is 0.371 e. The largest absolute Gasteiger partial charge is 0.475 e. The van der Waals surface area contributed by atoms with Gasteiger partial charge in [-0.05, 0) is 24.5 Å². The molecule has 20 heavy (non-hydrogen) atoms. The SMILES string of the molecule is CC(C)CO[C@@H]1CCN(C(=O)c2ccc(C(=O)O)o2)C1. The number of likely N-dealkylation sites (tertiary alicyclic amines) is 1. The number of hydrogen-bond acceptors (Lipinski definition) is 4. The Kier molecular flexibility index (Phi) is 4.44. The molecule has 1 aliphatic heterocycles. The normalized spacial score (nSPS) is 18.8. The number of carbonyl (C=O) groups is 2. The Morgan fingerprint density at radius 2 is 2.15 bits per heavy atom. The van der Waals surface area contributed by atoms with Crippen molar-refractivity contribution in [2.45, 2.75) is 26.4 Å². The van der Waals surface area contributed by atoms with E-state index < -0.39 is 5.97 Å². The molecule has 2 heterocycles. The molecule has 0 saturated carbocycles. The molecule has 0 unspecified atom stereocenters. The minimum atomic E-state index is -1.18. The van der Waals surface area contributed by atoms with Crippen LogP contribution in [-0.4, -0.2) is 47.7 Å². The van der Waals surface area contributed by atoms with Gasteiger partial charge in [-0.25, -0.2) is 4.79 Å². The Bertz CT molecular complexity index is 494. The highest BCUT2D eigenvalue weighted by Crippen LogP contribution is 2.18. The van der Waals surface area contributed by atoms with Crippen molar-refractivity contribution < 1.29 is 23.8 Å². The van der Waals surface area contributed by atoms with Crippen LogP contribution in [0.5, 0.6) is 0 Å². The van der Waals surface area contributed by atoms with Gasteiger partial charge in [0.1, 0.15) is 0 Å². The predicted octanol–water partition coefficient (Wildman–Crippen LogP) is 1.86. The molecule has 0 radical (unpaired) electrons. The standard InChI is InChI=1S/C14H19NO5/c1-9(2)8-19-10-5-6-15(7-10)13(16)11-3-4-12(20-11)14(17)18/h3-4,9-10H,5-8H2,1-2H3,(H,17,18)/t10-/m1/s1. The Hall–Kier alpha value is -1.82. The fourth-order valence-electron chi connectivity index (χ4n) is 2.10. The lowest BCUT2D eigenvalue weighted by Crippen LogP contribution is -2.30. The first-order valence-corrected chi connectivity index (χ1v) is 6.71. The van der Waals surface area contributed by atoms with Gasteiger partial charge in [-0.2, -0.15) is 0 Å². The van der Waals surface area contributed by atoms with E-state index in [1.807, 2.05) is 0 Å². The third kappa shape index (κ3) is 3.39. The van der Waals surface area contributed by atoms with Crippen molar-refractivity contribution in [3.8, 4) is 0 Å². The van der Waals surface area contributed by atoms with E-state index in [4.69, 9.17) is 14.3 Å². The summed E-state index contributed by atoms with van der Waals surface area (Å²) in [6.45, 7) is 5.96. The van der Waals surface area contributed by atoms with Crippen LogP contribution in [0.3, 0.4) is 0 Å². The summed E-state index contributed by atoms with van der Waals surface area (Å²) in [5.74, 6) is -1.16. The second kappa shape index (κ2) is 6.09. The zero-order chi connectivity index (χ0) is 14.7.